The number of benzene rings is 1. The quantitative estimate of drug-likeness (QED) is 0.659. The van der Waals surface area contributed by atoms with Gasteiger partial charge in [-0.25, -0.2) is 0 Å². The van der Waals surface area contributed by atoms with E-state index in [1.165, 1.54) is 0 Å². The SMILES string of the molecule is OCCC#Cc1[nH]nc2ccccc12. The van der Waals surface area contributed by atoms with Crippen molar-refractivity contribution in [1.82, 2.24) is 10.2 Å². The molecule has 3 heteroatoms. The molecule has 0 aliphatic carbocycles. The summed E-state index contributed by atoms with van der Waals surface area (Å²) in [6.45, 7) is 0.0963. The van der Waals surface area contributed by atoms with Gasteiger partial charge in [0.05, 0.1) is 12.1 Å². The first-order valence-corrected chi connectivity index (χ1v) is 4.44. The van der Waals surface area contributed by atoms with Crippen molar-refractivity contribution < 1.29 is 5.11 Å². The van der Waals surface area contributed by atoms with Gasteiger partial charge in [0.15, 0.2) is 0 Å². The van der Waals surface area contributed by atoms with Crippen molar-refractivity contribution in [2.45, 2.75) is 6.42 Å². The summed E-state index contributed by atoms with van der Waals surface area (Å²) in [5.74, 6) is 5.80. The van der Waals surface area contributed by atoms with Gasteiger partial charge in [-0.1, -0.05) is 18.1 Å². The fraction of sp³-hybridized carbons (Fsp3) is 0.182. The highest BCUT2D eigenvalue weighted by atomic mass is 16.2. The monoisotopic (exact) mass is 186 g/mol. The number of nitrogens with one attached hydrogen (secondary N) is 1. The fourth-order valence-corrected chi connectivity index (χ4v) is 1.26. The summed E-state index contributed by atoms with van der Waals surface area (Å²) in [4.78, 5) is 0. The number of aliphatic hydroxyl groups excluding tert-OH is 1. The normalized spacial score (nSPS) is 9.79. The Labute approximate surface area is 81.8 Å². The van der Waals surface area contributed by atoms with Crippen LogP contribution in [0.25, 0.3) is 10.9 Å². The van der Waals surface area contributed by atoms with Crippen LogP contribution < -0.4 is 0 Å². The van der Waals surface area contributed by atoms with Crippen LogP contribution >= 0.6 is 0 Å². The predicted octanol–water partition coefficient (Wildman–Crippen LogP) is 1.30. The number of aromatic nitrogens is 2. The summed E-state index contributed by atoms with van der Waals surface area (Å²) in [5, 5.41) is 16.6. The van der Waals surface area contributed by atoms with Gasteiger partial charge in [0, 0.05) is 11.8 Å². The Morgan fingerprint density at radius 3 is 3.07 bits per heavy atom. The Morgan fingerprint density at radius 1 is 1.36 bits per heavy atom. The van der Waals surface area contributed by atoms with Crippen LogP contribution in [0.15, 0.2) is 24.3 Å². The van der Waals surface area contributed by atoms with Crippen molar-refractivity contribution in [3.8, 4) is 11.8 Å². The maximum absolute atomic E-state index is 8.58. The highest BCUT2D eigenvalue weighted by Crippen LogP contribution is 2.13. The molecule has 0 bridgehead atoms. The molecule has 1 heterocycles. The molecular weight excluding hydrogens is 176 g/mol. The van der Waals surface area contributed by atoms with Crippen LogP contribution in [-0.4, -0.2) is 21.9 Å². The molecule has 3 nitrogen and oxygen atoms in total. The average Bonchev–Trinajstić information content (AvgIpc) is 2.63. The van der Waals surface area contributed by atoms with Crippen molar-refractivity contribution in [3.05, 3.63) is 30.0 Å². The number of hydrogen-bond donors (Lipinski definition) is 2. The van der Waals surface area contributed by atoms with E-state index in [1.54, 1.807) is 0 Å². The smallest absolute Gasteiger partial charge is 0.115 e. The van der Waals surface area contributed by atoms with Gasteiger partial charge in [0.25, 0.3) is 0 Å². The molecule has 0 spiro atoms. The van der Waals surface area contributed by atoms with Crippen LogP contribution in [0.1, 0.15) is 12.1 Å². The van der Waals surface area contributed by atoms with Gasteiger partial charge in [-0.05, 0) is 18.1 Å². The summed E-state index contributed by atoms with van der Waals surface area (Å²) in [5.41, 5.74) is 1.73. The minimum atomic E-state index is 0.0963. The second-order valence-corrected chi connectivity index (χ2v) is 2.89. The van der Waals surface area contributed by atoms with Gasteiger partial charge >= 0.3 is 0 Å². The summed E-state index contributed by atoms with van der Waals surface area (Å²) in [7, 11) is 0. The molecule has 2 rings (SSSR count). The van der Waals surface area contributed by atoms with E-state index < -0.39 is 0 Å². The number of aromatic amines is 1. The molecule has 2 aromatic rings. The molecule has 0 aliphatic rings. The van der Waals surface area contributed by atoms with Crippen molar-refractivity contribution in [3.63, 3.8) is 0 Å². The molecule has 70 valence electrons. The zero-order chi connectivity index (χ0) is 9.80. The minimum absolute atomic E-state index is 0.0963. The second-order valence-electron chi connectivity index (χ2n) is 2.89. The Bertz CT molecular complexity index is 490. The number of hydrogen-bond acceptors (Lipinski definition) is 2. The maximum Gasteiger partial charge on any atom is 0.115 e. The highest BCUT2D eigenvalue weighted by Gasteiger charge is 1.99. The third-order valence-electron chi connectivity index (χ3n) is 1.91. The second kappa shape index (κ2) is 3.95. The molecule has 0 radical (unpaired) electrons. The van der Waals surface area contributed by atoms with E-state index >= 15 is 0 Å². The van der Waals surface area contributed by atoms with Crippen LogP contribution in [0.4, 0.5) is 0 Å². The molecule has 0 saturated carbocycles. The lowest BCUT2D eigenvalue weighted by molar-refractivity contribution is 0.305. The molecule has 0 aliphatic heterocycles. The molecule has 0 unspecified atom stereocenters. The summed E-state index contributed by atoms with van der Waals surface area (Å²) < 4.78 is 0. The summed E-state index contributed by atoms with van der Waals surface area (Å²) in [6, 6.07) is 7.80. The first kappa shape index (κ1) is 8.79. The molecule has 1 aromatic heterocycles. The molecule has 2 N–H and O–H groups in total. The van der Waals surface area contributed by atoms with Crippen molar-refractivity contribution in [2.24, 2.45) is 0 Å². The zero-order valence-corrected chi connectivity index (χ0v) is 7.62. The lowest BCUT2D eigenvalue weighted by Crippen LogP contribution is -1.78. The van der Waals surface area contributed by atoms with E-state index in [9.17, 15) is 0 Å². The number of fused-ring (bicyclic) bond motifs is 1. The molecule has 0 amide bonds. The van der Waals surface area contributed by atoms with Crippen LogP contribution in [0.3, 0.4) is 0 Å². The third-order valence-corrected chi connectivity index (χ3v) is 1.91. The first-order valence-electron chi connectivity index (χ1n) is 4.44. The van der Waals surface area contributed by atoms with Crippen LogP contribution in [0, 0.1) is 11.8 Å². The van der Waals surface area contributed by atoms with E-state index in [1.807, 2.05) is 24.3 Å². The zero-order valence-electron chi connectivity index (χ0n) is 7.62. The van der Waals surface area contributed by atoms with Crippen molar-refractivity contribution >= 4 is 10.9 Å². The van der Waals surface area contributed by atoms with Gasteiger partial charge in [-0.2, -0.15) is 5.10 Å². The molecule has 14 heavy (non-hydrogen) atoms. The number of H-pyrrole nitrogens is 1. The highest BCUT2D eigenvalue weighted by molar-refractivity contribution is 5.83. The van der Waals surface area contributed by atoms with Crippen molar-refractivity contribution in [2.75, 3.05) is 6.61 Å². The topological polar surface area (TPSA) is 48.9 Å². The van der Waals surface area contributed by atoms with E-state index in [4.69, 9.17) is 5.11 Å². The van der Waals surface area contributed by atoms with Crippen LogP contribution in [0.5, 0.6) is 0 Å². The summed E-state index contributed by atoms with van der Waals surface area (Å²) >= 11 is 0. The van der Waals surface area contributed by atoms with Crippen LogP contribution in [0.2, 0.25) is 0 Å². The standard InChI is InChI=1S/C11H10N2O/c14-8-4-3-7-11-9-5-1-2-6-10(9)12-13-11/h1-2,5-6,14H,4,8H2,(H,12,13). The van der Waals surface area contributed by atoms with Gasteiger partial charge in [0.2, 0.25) is 0 Å². The van der Waals surface area contributed by atoms with E-state index in [0.29, 0.717) is 6.42 Å². The Kier molecular flexibility index (Phi) is 2.48. The molecular formula is C11H10N2O. The van der Waals surface area contributed by atoms with Crippen LogP contribution in [-0.2, 0) is 0 Å². The predicted molar refractivity (Wildman–Crippen MR) is 54.7 cm³/mol. The van der Waals surface area contributed by atoms with Gasteiger partial charge in [0.1, 0.15) is 5.69 Å². The maximum atomic E-state index is 8.58. The Morgan fingerprint density at radius 2 is 2.21 bits per heavy atom. The first-order chi connectivity index (χ1) is 6.92. The van der Waals surface area contributed by atoms with E-state index in [0.717, 1.165) is 16.6 Å². The number of aliphatic hydroxyl groups is 1. The fourth-order valence-electron chi connectivity index (χ4n) is 1.26. The molecule has 0 atom stereocenters. The van der Waals surface area contributed by atoms with Gasteiger partial charge < -0.3 is 5.11 Å². The van der Waals surface area contributed by atoms with Crippen molar-refractivity contribution in [1.29, 1.82) is 0 Å². The number of para-hydroxylation sites is 1. The Balaban J connectivity index is 2.40. The number of rotatable bonds is 1. The third kappa shape index (κ3) is 1.61. The lowest BCUT2D eigenvalue weighted by Gasteiger charge is -1.85. The summed E-state index contributed by atoms with van der Waals surface area (Å²) in [6.07, 6.45) is 0.493. The van der Waals surface area contributed by atoms with Gasteiger partial charge in [-0.15, -0.1) is 0 Å². The average molecular weight is 186 g/mol. The number of nitrogens with zero attached hydrogens (tertiary/aromatic N) is 1. The Hall–Kier alpha value is -1.79. The van der Waals surface area contributed by atoms with Gasteiger partial charge in [-0.3, -0.25) is 5.10 Å². The lowest BCUT2D eigenvalue weighted by atomic mass is 10.2. The molecule has 1 aromatic carbocycles. The molecule has 0 fully saturated rings. The minimum Gasteiger partial charge on any atom is -0.395 e. The largest absolute Gasteiger partial charge is 0.395 e. The van der Waals surface area contributed by atoms with E-state index in [2.05, 4.69) is 22.0 Å². The van der Waals surface area contributed by atoms with E-state index in [-0.39, 0.29) is 6.61 Å². The molecule has 0 saturated heterocycles.